The molecule has 2 aromatic rings. The molecule has 0 heterocycles. The van der Waals surface area contributed by atoms with Gasteiger partial charge in [0.05, 0.1) is 18.0 Å². The second-order valence-corrected chi connectivity index (χ2v) is 4.07. The molecule has 2 aromatic carbocycles. The van der Waals surface area contributed by atoms with Crippen molar-refractivity contribution in [3.8, 4) is 5.75 Å². The Bertz CT molecular complexity index is 517. The van der Waals surface area contributed by atoms with Gasteiger partial charge in [0.2, 0.25) is 0 Å². The van der Waals surface area contributed by atoms with Gasteiger partial charge >= 0.3 is 0 Å². The molecule has 88 valence electrons. The number of rotatable bonds is 4. The molecule has 0 aromatic heterocycles. The zero-order chi connectivity index (χ0) is 12.1. The van der Waals surface area contributed by atoms with E-state index >= 15 is 0 Å². The van der Waals surface area contributed by atoms with Crippen molar-refractivity contribution in [1.82, 2.24) is 0 Å². The molecular weight excluding hydrogens is 437 g/mol. The van der Waals surface area contributed by atoms with E-state index < -0.39 is 5.97 Å². The van der Waals surface area contributed by atoms with Crippen LogP contribution in [0.15, 0.2) is 59.5 Å². The summed E-state index contributed by atoms with van der Waals surface area (Å²) >= 11 is 1.11. The number of hydrogen-bond donors (Lipinski definition) is 0. The molecule has 0 aliphatic heterocycles. The third kappa shape index (κ3) is 4.03. The zero-order valence-corrected chi connectivity index (χ0v) is 15.9. The summed E-state index contributed by atoms with van der Waals surface area (Å²) in [5, 5.41) is 10.8. The van der Waals surface area contributed by atoms with Gasteiger partial charge in [-0.15, -0.1) is 0 Å². The number of aromatic carboxylic acids is 1. The summed E-state index contributed by atoms with van der Waals surface area (Å²) in [5.41, 5.74) is 0.0518. The molecule has 0 fully saturated rings. The summed E-state index contributed by atoms with van der Waals surface area (Å²) in [6.45, 7) is 0. The summed E-state index contributed by atoms with van der Waals surface area (Å²) in [6, 6.07) is 15.8. The summed E-state index contributed by atoms with van der Waals surface area (Å²) in [5.74, 6) is -0.949. The Kier molecular flexibility index (Phi) is 6.22. The average Bonchev–Trinajstić information content (AvgIpc) is 2.38. The van der Waals surface area contributed by atoms with Crippen molar-refractivity contribution < 1.29 is 41.8 Å². The van der Waals surface area contributed by atoms with Crippen molar-refractivity contribution in [1.29, 1.82) is 0 Å². The first-order chi connectivity index (χ1) is 8.27. The predicted octanol–water partition coefficient (Wildman–Crippen LogP) is 2.13. The van der Waals surface area contributed by atoms with Crippen molar-refractivity contribution in [2.24, 2.45) is 0 Å². The molecule has 2 rings (SSSR count). The minimum absolute atomic E-state index is 0. The molecule has 0 aliphatic carbocycles. The van der Waals surface area contributed by atoms with Gasteiger partial charge in [0.25, 0.3) is 0 Å². The van der Waals surface area contributed by atoms with E-state index in [1.807, 2.05) is 30.3 Å². The third-order valence-electron chi connectivity index (χ3n) is 2.08. The van der Waals surface area contributed by atoms with Crippen LogP contribution >= 0.6 is 12.0 Å². The smallest absolute Gasteiger partial charge is 0.146 e. The molecule has 0 unspecified atom stereocenters. The van der Waals surface area contributed by atoms with Crippen LogP contribution in [-0.2, 0) is 27.7 Å². The Morgan fingerprint density at radius 2 is 1.61 bits per heavy atom. The maximum absolute atomic E-state index is 10.8. The van der Waals surface area contributed by atoms with Crippen LogP contribution in [0.2, 0.25) is 0 Å². The number of carbonyl (C=O) groups excluding carboxylic acids is 1. The standard InChI is InChI=1S/C13H10O3S.Hg/c14-13(15)11-8-4-5-9-12(11)16-17-10-6-2-1-3-7-10;/h1-9H,(H,14,15);/p-1. The van der Waals surface area contributed by atoms with Crippen LogP contribution in [0.5, 0.6) is 5.75 Å². The Balaban J connectivity index is 0.00000162. The van der Waals surface area contributed by atoms with Crippen molar-refractivity contribution in [3.05, 3.63) is 60.2 Å². The zero-order valence-electron chi connectivity index (χ0n) is 9.54. The maximum atomic E-state index is 10.8. The molecule has 0 radical (unpaired) electrons. The Labute approximate surface area is 130 Å². The number of carbonyl (C=O) groups is 1. The van der Waals surface area contributed by atoms with Gasteiger partial charge < -0.3 is 14.1 Å². The first-order valence-electron chi connectivity index (χ1n) is 4.97. The van der Waals surface area contributed by atoms with Crippen LogP contribution in [0.4, 0.5) is 0 Å². The number of benzene rings is 2. The van der Waals surface area contributed by atoms with Crippen molar-refractivity contribution >= 4 is 18.0 Å². The van der Waals surface area contributed by atoms with Crippen LogP contribution in [0.25, 0.3) is 0 Å². The van der Waals surface area contributed by atoms with E-state index in [0.717, 1.165) is 16.9 Å². The van der Waals surface area contributed by atoms with Crippen LogP contribution in [0, 0.1) is 0 Å². The van der Waals surface area contributed by atoms with Gasteiger partial charge in [-0.3, -0.25) is 0 Å². The molecule has 0 bridgehead atoms. The van der Waals surface area contributed by atoms with E-state index in [2.05, 4.69) is 0 Å². The summed E-state index contributed by atoms with van der Waals surface area (Å²) in [7, 11) is 0. The predicted molar refractivity (Wildman–Crippen MR) is 63.7 cm³/mol. The van der Waals surface area contributed by atoms with Crippen molar-refractivity contribution in [2.45, 2.75) is 4.90 Å². The van der Waals surface area contributed by atoms with E-state index in [4.69, 9.17) is 4.18 Å². The first kappa shape index (κ1) is 15.1. The fraction of sp³-hybridized carbons (Fsp3) is 0. The van der Waals surface area contributed by atoms with Crippen molar-refractivity contribution in [2.75, 3.05) is 0 Å². The topological polar surface area (TPSA) is 49.4 Å². The van der Waals surface area contributed by atoms with E-state index in [1.165, 1.54) is 6.07 Å². The molecule has 0 saturated carbocycles. The van der Waals surface area contributed by atoms with E-state index in [1.54, 1.807) is 18.2 Å². The normalized spacial score (nSPS) is 9.33. The second kappa shape index (κ2) is 7.43. The van der Waals surface area contributed by atoms with Gasteiger partial charge in [0.15, 0.2) is 0 Å². The summed E-state index contributed by atoms with van der Waals surface area (Å²) in [4.78, 5) is 11.7. The minimum atomic E-state index is -1.24. The van der Waals surface area contributed by atoms with Gasteiger partial charge in [-0.05, 0) is 24.3 Å². The van der Waals surface area contributed by atoms with Crippen LogP contribution in [0.3, 0.4) is 0 Å². The molecule has 18 heavy (non-hydrogen) atoms. The van der Waals surface area contributed by atoms with Crippen molar-refractivity contribution in [3.63, 3.8) is 0 Å². The van der Waals surface area contributed by atoms with E-state index in [0.29, 0.717) is 5.75 Å². The third-order valence-corrected chi connectivity index (χ3v) is 2.81. The maximum Gasteiger partial charge on any atom is 0.146 e. The molecule has 3 nitrogen and oxygen atoms in total. The van der Waals surface area contributed by atoms with Crippen LogP contribution in [-0.4, -0.2) is 5.97 Å². The van der Waals surface area contributed by atoms with Crippen LogP contribution in [0.1, 0.15) is 10.4 Å². The summed E-state index contributed by atoms with van der Waals surface area (Å²) < 4.78 is 5.38. The summed E-state index contributed by atoms with van der Waals surface area (Å²) in [6.07, 6.45) is 0. The monoisotopic (exact) mass is 447 g/mol. The van der Waals surface area contributed by atoms with Crippen LogP contribution < -0.4 is 9.29 Å². The second-order valence-electron chi connectivity index (χ2n) is 3.26. The molecule has 0 amide bonds. The number of carboxylic acids is 1. The molecule has 0 atom stereocenters. The number of hydrogen-bond acceptors (Lipinski definition) is 4. The molecule has 0 spiro atoms. The van der Waals surface area contributed by atoms with Gasteiger partial charge in [-0.25, -0.2) is 0 Å². The Hall–Kier alpha value is -1.00. The number of carboxylic acid groups (broad SMARTS) is 1. The average molecular weight is 446 g/mol. The quantitative estimate of drug-likeness (QED) is 0.534. The minimum Gasteiger partial charge on any atom is -0.545 e. The fourth-order valence-electron chi connectivity index (χ4n) is 1.28. The first-order valence-corrected chi connectivity index (χ1v) is 5.71. The van der Waals surface area contributed by atoms with Gasteiger partial charge in [0, 0.05) is 38.1 Å². The number of para-hydroxylation sites is 1. The fourth-order valence-corrected chi connectivity index (χ4v) is 1.88. The Morgan fingerprint density at radius 3 is 2.28 bits per heavy atom. The SMILES string of the molecule is O=C([O-])c1ccccc1OSc1ccccc1.[Hg]. The van der Waals surface area contributed by atoms with Gasteiger partial charge in [-0.1, -0.05) is 30.3 Å². The van der Waals surface area contributed by atoms with Gasteiger partial charge in [-0.2, -0.15) is 0 Å². The molecule has 0 saturated heterocycles. The largest absolute Gasteiger partial charge is 0.545 e. The molecule has 5 heteroatoms. The van der Waals surface area contributed by atoms with E-state index in [9.17, 15) is 9.90 Å². The van der Waals surface area contributed by atoms with Gasteiger partial charge in [0.1, 0.15) is 5.75 Å². The van der Waals surface area contributed by atoms with E-state index in [-0.39, 0.29) is 33.2 Å². The molecule has 0 aliphatic rings. The molecule has 0 N–H and O–H groups in total. The Morgan fingerprint density at radius 1 is 1.00 bits per heavy atom. The molecular formula is C13H9HgO3S-.